The first-order valence-corrected chi connectivity index (χ1v) is 14.3. The molecule has 3 aromatic carbocycles. The van der Waals surface area contributed by atoms with Gasteiger partial charge in [0.25, 0.3) is 0 Å². The molecular weight excluding hydrogens is 531 g/mol. The van der Waals surface area contributed by atoms with Gasteiger partial charge in [0.05, 0.1) is 6.10 Å². The van der Waals surface area contributed by atoms with Crippen LogP contribution < -0.4 is 10.6 Å². The van der Waals surface area contributed by atoms with Gasteiger partial charge in [-0.3, -0.25) is 0 Å². The molecule has 5 rings (SSSR count). The van der Waals surface area contributed by atoms with E-state index in [2.05, 4.69) is 82.7 Å². The summed E-state index contributed by atoms with van der Waals surface area (Å²) in [5.74, 6) is 0.287. The SMILES string of the molecule is C1CCCC1.O[C@@H](c1ccccc1Br)C1CCCC1P(c1ccccc1)c1ccccc1.[Fe]. The average Bonchev–Trinajstić information content (AvgIpc) is 3.57. The quantitative estimate of drug-likeness (QED) is 0.248. The Labute approximate surface area is 219 Å². The van der Waals surface area contributed by atoms with Crippen LogP contribution in [0, 0.1) is 5.92 Å². The topological polar surface area (TPSA) is 20.2 Å². The molecule has 33 heavy (non-hydrogen) atoms. The minimum atomic E-state index is -0.499. The number of aliphatic hydroxyl groups is 1. The first kappa shape index (κ1) is 26.7. The molecular formula is C29H34BrFeOP. The molecule has 4 heteroatoms. The van der Waals surface area contributed by atoms with Crippen LogP contribution in [0.5, 0.6) is 0 Å². The van der Waals surface area contributed by atoms with Gasteiger partial charge in [0.1, 0.15) is 0 Å². The molecule has 0 amide bonds. The Morgan fingerprint density at radius 3 is 1.67 bits per heavy atom. The van der Waals surface area contributed by atoms with Crippen molar-refractivity contribution in [2.75, 3.05) is 0 Å². The zero-order valence-electron chi connectivity index (χ0n) is 19.1. The summed E-state index contributed by atoms with van der Waals surface area (Å²) in [4.78, 5) is 0. The number of halogens is 1. The van der Waals surface area contributed by atoms with Crippen molar-refractivity contribution in [2.24, 2.45) is 5.92 Å². The van der Waals surface area contributed by atoms with E-state index in [1.54, 1.807) is 0 Å². The molecule has 3 aromatic rings. The average molecular weight is 565 g/mol. The van der Waals surface area contributed by atoms with Crippen molar-refractivity contribution in [1.82, 2.24) is 0 Å². The minimum absolute atomic E-state index is 0. The molecule has 176 valence electrons. The Bertz CT molecular complexity index is 901. The van der Waals surface area contributed by atoms with Crippen molar-refractivity contribution in [3.8, 4) is 0 Å². The maximum atomic E-state index is 11.3. The van der Waals surface area contributed by atoms with Gasteiger partial charge in [0, 0.05) is 21.5 Å². The number of hydrogen-bond acceptors (Lipinski definition) is 1. The molecule has 0 saturated heterocycles. The smallest absolute Gasteiger partial charge is 0.0835 e. The zero-order valence-corrected chi connectivity index (χ0v) is 22.7. The van der Waals surface area contributed by atoms with Crippen molar-refractivity contribution in [3.05, 3.63) is 95.0 Å². The van der Waals surface area contributed by atoms with Crippen molar-refractivity contribution < 1.29 is 22.2 Å². The maximum absolute atomic E-state index is 11.3. The molecule has 1 nitrogen and oxygen atoms in total. The van der Waals surface area contributed by atoms with E-state index in [1.165, 1.54) is 55.6 Å². The summed E-state index contributed by atoms with van der Waals surface area (Å²) in [6, 6.07) is 29.9. The summed E-state index contributed by atoms with van der Waals surface area (Å²) in [6.45, 7) is 0. The van der Waals surface area contributed by atoms with E-state index in [9.17, 15) is 5.11 Å². The third-order valence-corrected chi connectivity index (χ3v) is 10.5. The third-order valence-electron chi connectivity index (χ3n) is 6.81. The summed E-state index contributed by atoms with van der Waals surface area (Å²) < 4.78 is 1.01. The molecule has 2 aliphatic carbocycles. The Kier molecular flexibility index (Phi) is 11.2. The molecule has 0 bridgehead atoms. The van der Waals surface area contributed by atoms with Gasteiger partial charge in [-0.2, -0.15) is 0 Å². The van der Waals surface area contributed by atoms with Gasteiger partial charge >= 0.3 is 0 Å². The van der Waals surface area contributed by atoms with Gasteiger partial charge in [-0.25, -0.2) is 0 Å². The molecule has 0 heterocycles. The third kappa shape index (κ3) is 7.03. The molecule has 0 aromatic heterocycles. The summed E-state index contributed by atoms with van der Waals surface area (Å²) in [7, 11) is -0.499. The second kappa shape index (κ2) is 13.8. The van der Waals surface area contributed by atoms with E-state index >= 15 is 0 Å². The maximum Gasteiger partial charge on any atom is 0.0835 e. The Hall–Kier alpha value is -0.951. The first-order chi connectivity index (χ1) is 15.8. The molecule has 0 aliphatic heterocycles. The summed E-state index contributed by atoms with van der Waals surface area (Å²) >= 11 is 3.64. The monoisotopic (exact) mass is 564 g/mol. The van der Waals surface area contributed by atoms with Crippen molar-refractivity contribution >= 4 is 34.5 Å². The van der Waals surface area contributed by atoms with Crippen LogP contribution in [-0.2, 0) is 17.1 Å². The summed E-state index contributed by atoms with van der Waals surface area (Å²) in [5, 5.41) is 14.1. The minimum Gasteiger partial charge on any atom is -0.388 e. The van der Waals surface area contributed by atoms with Crippen LogP contribution in [0.15, 0.2) is 89.4 Å². The molecule has 1 N–H and O–H groups in total. The van der Waals surface area contributed by atoms with E-state index in [4.69, 9.17) is 0 Å². The molecule has 2 fully saturated rings. The van der Waals surface area contributed by atoms with Crippen LogP contribution in [0.4, 0.5) is 0 Å². The van der Waals surface area contributed by atoms with Gasteiger partial charge in [-0.1, -0.05) is 133 Å². The fourth-order valence-electron chi connectivity index (χ4n) is 5.20. The van der Waals surface area contributed by atoms with Crippen LogP contribution in [0.25, 0.3) is 0 Å². The normalized spacial score (nSPS) is 20.6. The van der Waals surface area contributed by atoms with Gasteiger partial charge in [-0.15, -0.1) is 0 Å². The number of rotatable bonds is 5. The van der Waals surface area contributed by atoms with E-state index in [1.807, 2.05) is 18.2 Å². The molecule has 2 saturated carbocycles. The van der Waals surface area contributed by atoms with Crippen LogP contribution in [-0.4, -0.2) is 10.8 Å². The van der Waals surface area contributed by atoms with Crippen molar-refractivity contribution in [1.29, 1.82) is 0 Å². The first-order valence-electron chi connectivity index (χ1n) is 12.1. The van der Waals surface area contributed by atoms with Crippen molar-refractivity contribution in [3.63, 3.8) is 0 Å². The number of benzene rings is 3. The number of aliphatic hydroxyl groups excluding tert-OH is 1. The van der Waals surface area contributed by atoms with Gasteiger partial charge in [0.15, 0.2) is 0 Å². The predicted octanol–water partition coefficient (Wildman–Crippen LogP) is 7.73. The van der Waals surface area contributed by atoms with Gasteiger partial charge < -0.3 is 5.11 Å². The van der Waals surface area contributed by atoms with E-state index < -0.39 is 14.0 Å². The zero-order chi connectivity index (χ0) is 22.2. The van der Waals surface area contributed by atoms with Gasteiger partial charge in [0.2, 0.25) is 0 Å². The van der Waals surface area contributed by atoms with Crippen LogP contribution >= 0.6 is 23.9 Å². The van der Waals surface area contributed by atoms with Crippen LogP contribution in [0.2, 0.25) is 0 Å². The van der Waals surface area contributed by atoms with Gasteiger partial charge in [-0.05, 0) is 54.6 Å². The Balaban J connectivity index is 0.000000453. The fourth-order valence-corrected chi connectivity index (χ4v) is 8.90. The second-order valence-electron chi connectivity index (χ2n) is 8.94. The fraction of sp³-hybridized carbons (Fsp3) is 0.379. The summed E-state index contributed by atoms with van der Waals surface area (Å²) in [6.07, 6.45) is 10.5. The van der Waals surface area contributed by atoms with E-state index in [0.29, 0.717) is 5.66 Å². The molecule has 2 unspecified atom stereocenters. The second-order valence-corrected chi connectivity index (χ2v) is 12.2. The molecule has 3 atom stereocenters. The molecule has 0 radical (unpaired) electrons. The van der Waals surface area contributed by atoms with Crippen molar-refractivity contribution in [2.45, 2.75) is 63.1 Å². The standard InChI is InChI=1S/C24H24BrOP.C5H10.Fe/c25-22-16-8-7-14-20(22)24(26)21-15-9-17-23(21)27(18-10-3-1-4-11-18)19-12-5-2-6-13-19;1-2-4-5-3-1;/h1-8,10-14,16,21,23-24,26H,9,15,17H2;1-5H2;/t21?,23?,24-;;/m0../s1. The molecule has 2 aliphatic rings. The van der Waals surface area contributed by atoms with Crippen LogP contribution in [0.3, 0.4) is 0 Å². The molecule has 0 spiro atoms. The van der Waals surface area contributed by atoms with E-state index in [-0.39, 0.29) is 23.0 Å². The van der Waals surface area contributed by atoms with E-state index in [0.717, 1.165) is 16.5 Å². The Morgan fingerprint density at radius 1 is 0.667 bits per heavy atom. The summed E-state index contributed by atoms with van der Waals surface area (Å²) in [5.41, 5.74) is 1.51. The number of hydrogen-bond donors (Lipinski definition) is 1. The Morgan fingerprint density at radius 2 is 1.15 bits per heavy atom. The predicted molar refractivity (Wildman–Crippen MR) is 142 cm³/mol. The largest absolute Gasteiger partial charge is 0.388 e. The van der Waals surface area contributed by atoms with Crippen LogP contribution in [0.1, 0.15) is 63.0 Å².